The number of thiophene rings is 1. The van der Waals surface area contributed by atoms with Crippen LogP contribution in [0.25, 0.3) is 0 Å². The number of para-hydroxylation sites is 1. The molecule has 2 N–H and O–H groups in total. The van der Waals surface area contributed by atoms with Crippen LogP contribution in [0.15, 0.2) is 65.1 Å². The number of hydrogen-bond acceptors (Lipinski definition) is 5. The van der Waals surface area contributed by atoms with E-state index in [4.69, 9.17) is 5.73 Å². The van der Waals surface area contributed by atoms with Crippen LogP contribution in [0.3, 0.4) is 0 Å². The number of rotatable bonds is 3. The van der Waals surface area contributed by atoms with E-state index in [1.807, 2.05) is 35.2 Å². The lowest BCUT2D eigenvalue weighted by molar-refractivity contribution is -0.118. The van der Waals surface area contributed by atoms with Crippen LogP contribution in [0.5, 0.6) is 0 Å². The zero-order chi connectivity index (χ0) is 20.8. The number of nitrogens with zero attached hydrogens (tertiary/aromatic N) is 2. The van der Waals surface area contributed by atoms with Crippen molar-refractivity contribution in [3.8, 4) is 6.07 Å². The van der Waals surface area contributed by atoms with Gasteiger partial charge in [-0.05, 0) is 42.5 Å². The molecule has 0 amide bonds. The van der Waals surface area contributed by atoms with Crippen LogP contribution in [0.4, 0.5) is 5.69 Å². The van der Waals surface area contributed by atoms with Gasteiger partial charge in [0.05, 0.1) is 17.6 Å². The van der Waals surface area contributed by atoms with Crippen molar-refractivity contribution in [3.05, 3.63) is 74.9 Å². The zero-order valence-corrected chi connectivity index (χ0v) is 17.8. The van der Waals surface area contributed by atoms with E-state index in [1.54, 1.807) is 11.3 Å². The maximum Gasteiger partial charge on any atom is 0.162 e. The Bertz CT molecular complexity index is 1070. The van der Waals surface area contributed by atoms with Crippen molar-refractivity contribution < 1.29 is 4.79 Å². The number of nitriles is 1. The summed E-state index contributed by atoms with van der Waals surface area (Å²) in [5.74, 6) is 0.178. The summed E-state index contributed by atoms with van der Waals surface area (Å²) in [6.07, 6.45) is 2.15. The molecule has 0 saturated heterocycles. The molecule has 2 aromatic rings. The van der Waals surface area contributed by atoms with Crippen molar-refractivity contribution in [2.24, 2.45) is 11.1 Å². The largest absolute Gasteiger partial charge is 0.384 e. The molecule has 29 heavy (non-hydrogen) atoms. The van der Waals surface area contributed by atoms with Gasteiger partial charge in [0.1, 0.15) is 5.82 Å². The van der Waals surface area contributed by atoms with Gasteiger partial charge >= 0.3 is 0 Å². The Kier molecular flexibility index (Phi) is 4.84. The molecule has 0 fully saturated rings. The first-order chi connectivity index (χ1) is 13.9. The molecule has 4 rings (SSSR count). The molecule has 5 heteroatoms. The summed E-state index contributed by atoms with van der Waals surface area (Å²) in [7, 11) is 0. The van der Waals surface area contributed by atoms with Gasteiger partial charge in [-0.3, -0.25) is 9.69 Å². The number of Topliss-reactive ketones (excluding diaryl/α,β-unsaturated/α-hetero) is 1. The Hall–Kier alpha value is -2.84. The highest BCUT2D eigenvalue weighted by molar-refractivity contribution is 7.12. The maximum atomic E-state index is 13.4. The van der Waals surface area contributed by atoms with E-state index in [1.165, 1.54) is 4.88 Å². The molecule has 148 valence electrons. The lowest BCUT2D eigenvalue weighted by Gasteiger charge is -2.43. The van der Waals surface area contributed by atoms with Crippen LogP contribution < -0.4 is 10.6 Å². The molecule has 0 saturated carbocycles. The highest BCUT2D eigenvalue weighted by Gasteiger charge is 2.45. The van der Waals surface area contributed by atoms with Crippen molar-refractivity contribution in [2.75, 3.05) is 4.90 Å². The van der Waals surface area contributed by atoms with E-state index in [0.717, 1.165) is 34.7 Å². The van der Waals surface area contributed by atoms with Gasteiger partial charge in [-0.15, -0.1) is 11.3 Å². The second kappa shape index (κ2) is 7.20. The van der Waals surface area contributed by atoms with Crippen LogP contribution in [0, 0.1) is 16.7 Å². The molecule has 0 spiro atoms. The highest BCUT2D eigenvalue weighted by Crippen LogP contribution is 2.51. The molecule has 0 radical (unpaired) electrons. The summed E-state index contributed by atoms with van der Waals surface area (Å²) >= 11 is 1.67. The normalized spacial score (nSPS) is 21.2. The van der Waals surface area contributed by atoms with Crippen molar-refractivity contribution >= 4 is 22.8 Å². The summed E-state index contributed by atoms with van der Waals surface area (Å²) in [6, 6.07) is 16.3. The first-order valence-corrected chi connectivity index (χ1v) is 10.8. The van der Waals surface area contributed by atoms with Gasteiger partial charge in [0.25, 0.3) is 0 Å². The second-order valence-electron chi connectivity index (χ2n) is 8.47. The van der Waals surface area contributed by atoms with Crippen LogP contribution in [0.1, 0.15) is 49.3 Å². The maximum absolute atomic E-state index is 13.4. The number of carbonyl (C=O) groups is 1. The fourth-order valence-electron chi connectivity index (χ4n) is 4.40. The van der Waals surface area contributed by atoms with Gasteiger partial charge in [0.2, 0.25) is 0 Å². The average Bonchev–Trinajstić information content (AvgIpc) is 3.15. The summed E-state index contributed by atoms with van der Waals surface area (Å²) in [5, 5.41) is 10.1. The molecule has 1 aromatic carbocycles. The molecule has 1 aliphatic carbocycles. The minimum absolute atomic E-state index is 0.119. The lowest BCUT2D eigenvalue weighted by atomic mass is 9.69. The van der Waals surface area contributed by atoms with Crippen LogP contribution in [0.2, 0.25) is 0 Å². The average molecular weight is 404 g/mol. The van der Waals surface area contributed by atoms with Gasteiger partial charge < -0.3 is 5.73 Å². The second-order valence-corrected chi connectivity index (χ2v) is 9.67. The third-order valence-corrected chi connectivity index (χ3v) is 7.01. The number of aryl methyl sites for hydroxylation is 1. The first kappa shape index (κ1) is 19.5. The van der Waals surface area contributed by atoms with Crippen LogP contribution >= 0.6 is 11.3 Å². The Labute approximate surface area is 176 Å². The molecule has 1 atom stereocenters. The molecule has 1 aliphatic heterocycles. The minimum Gasteiger partial charge on any atom is -0.384 e. The fraction of sp³-hybridized carbons (Fsp3) is 0.333. The van der Waals surface area contributed by atoms with Gasteiger partial charge in [-0.1, -0.05) is 39.0 Å². The molecule has 0 bridgehead atoms. The minimum atomic E-state index is -0.371. The quantitative estimate of drug-likeness (QED) is 0.760. The molecule has 2 heterocycles. The Morgan fingerprint density at radius 1 is 1.21 bits per heavy atom. The third kappa shape index (κ3) is 3.28. The number of hydrogen-bond donors (Lipinski definition) is 1. The highest BCUT2D eigenvalue weighted by atomic mass is 32.1. The van der Waals surface area contributed by atoms with Gasteiger partial charge in [-0.2, -0.15) is 5.26 Å². The molecule has 2 aliphatic rings. The SMILES string of the molecule is CCc1ccc(C2C(C#N)=C(N)N(c3ccccc3)C3=C2C(=O)CC(C)(C)C3)s1. The van der Waals surface area contributed by atoms with Gasteiger partial charge in [0.15, 0.2) is 5.78 Å². The predicted molar refractivity (Wildman–Crippen MR) is 117 cm³/mol. The summed E-state index contributed by atoms with van der Waals surface area (Å²) in [6.45, 7) is 6.35. The monoisotopic (exact) mass is 403 g/mol. The van der Waals surface area contributed by atoms with E-state index < -0.39 is 0 Å². The predicted octanol–water partition coefficient (Wildman–Crippen LogP) is 5.25. The third-order valence-electron chi connectivity index (χ3n) is 5.71. The van der Waals surface area contributed by atoms with Crippen molar-refractivity contribution in [2.45, 2.75) is 46.0 Å². The first-order valence-electron chi connectivity index (χ1n) is 9.96. The van der Waals surface area contributed by atoms with Gasteiger partial charge in [0, 0.05) is 33.1 Å². The Balaban J connectivity index is 1.98. The van der Waals surface area contributed by atoms with Crippen molar-refractivity contribution in [3.63, 3.8) is 0 Å². The summed E-state index contributed by atoms with van der Waals surface area (Å²) < 4.78 is 0. The molecule has 4 nitrogen and oxygen atoms in total. The Morgan fingerprint density at radius 3 is 2.55 bits per heavy atom. The number of nitrogens with two attached hydrogens (primary N) is 1. The zero-order valence-electron chi connectivity index (χ0n) is 17.0. The lowest BCUT2D eigenvalue weighted by Crippen LogP contribution is -2.42. The van der Waals surface area contributed by atoms with Crippen molar-refractivity contribution in [1.82, 2.24) is 0 Å². The van der Waals surface area contributed by atoms with E-state index in [2.05, 4.69) is 39.0 Å². The number of allylic oxidation sites excluding steroid dienone is 3. The van der Waals surface area contributed by atoms with E-state index >= 15 is 0 Å². The topological polar surface area (TPSA) is 70.1 Å². The van der Waals surface area contributed by atoms with Crippen LogP contribution in [-0.2, 0) is 11.2 Å². The van der Waals surface area contributed by atoms with E-state index in [-0.39, 0.29) is 17.1 Å². The number of ketones is 1. The number of carbonyl (C=O) groups excluding carboxylic acids is 1. The number of anilines is 1. The fourth-order valence-corrected chi connectivity index (χ4v) is 5.48. The van der Waals surface area contributed by atoms with Gasteiger partial charge in [-0.25, -0.2) is 0 Å². The summed E-state index contributed by atoms with van der Waals surface area (Å²) in [4.78, 5) is 17.6. The molecule has 1 aromatic heterocycles. The molecular formula is C24H25N3OS. The molecule has 1 unspecified atom stereocenters. The standard InChI is InChI=1S/C24H25N3OS/c1-4-16-10-11-20(29-16)21-17(14-25)23(26)27(15-8-6-5-7-9-15)18-12-24(2,3)13-19(28)22(18)21/h5-11,21H,4,12-13,26H2,1-3H3. The van der Waals surface area contributed by atoms with E-state index in [9.17, 15) is 10.1 Å². The molecular weight excluding hydrogens is 378 g/mol. The van der Waals surface area contributed by atoms with E-state index in [0.29, 0.717) is 17.8 Å². The Morgan fingerprint density at radius 2 is 1.93 bits per heavy atom. The smallest absolute Gasteiger partial charge is 0.162 e. The van der Waals surface area contributed by atoms with Crippen LogP contribution in [-0.4, -0.2) is 5.78 Å². The number of benzene rings is 1. The summed E-state index contributed by atoms with van der Waals surface area (Å²) in [5.41, 5.74) is 9.49. The van der Waals surface area contributed by atoms with Crippen molar-refractivity contribution in [1.29, 1.82) is 5.26 Å².